The van der Waals surface area contributed by atoms with E-state index in [0.717, 1.165) is 24.8 Å². The van der Waals surface area contributed by atoms with Crippen LogP contribution < -0.4 is 0 Å². The maximum Gasteiger partial charge on any atom is 0.306 e. The monoisotopic (exact) mass is 324 g/mol. The molecule has 2 rings (SSSR count). The second kappa shape index (κ2) is 7.68. The fourth-order valence-corrected chi connectivity index (χ4v) is 3.22. The third-order valence-corrected chi connectivity index (χ3v) is 4.51. The Morgan fingerprint density at radius 3 is 2.47 bits per heavy atom. The van der Waals surface area contributed by atoms with Gasteiger partial charge in [-0.2, -0.15) is 0 Å². The Labute approximate surface area is 123 Å². The summed E-state index contributed by atoms with van der Waals surface area (Å²) >= 11 is 3.71. The maximum absolute atomic E-state index is 11.9. The van der Waals surface area contributed by atoms with Crippen LogP contribution in [0.2, 0.25) is 0 Å². The number of ether oxygens (including phenoxy) is 1. The Balaban J connectivity index is 2.12. The van der Waals surface area contributed by atoms with Crippen molar-refractivity contribution in [2.24, 2.45) is 0 Å². The number of alkyl halides is 1. The van der Waals surface area contributed by atoms with E-state index in [1.165, 1.54) is 19.3 Å². The van der Waals surface area contributed by atoms with Crippen molar-refractivity contribution in [1.82, 2.24) is 0 Å². The molecule has 1 aliphatic heterocycles. The minimum Gasteiger partial charge on any atom is -0.456 e. The van der Waals surface area contributed by atoms with Crippen LogP contribution in [0.25, 0.3) is 0 Å². The summed E-state index contributed by atoms with van der Waals surface area (Å²) in [6, 6.07) is 10.0. The SMILES string of the molecule is O=C1CCCCCCC[C@H](Br)[C@H](c2ccccc2)O1. The van der Waals surface area contributed by atoms with Crippen molar-refractivity contribution in [3.63, 3.8) is 0 Å². The number of benzene rings is 1. The predicted octanol–water partition coefficient (Wildman–Crippen LogP) is 4.78. The van der Waals surface area contributed by atoms with Crippen LogP contribution in [-0.4, -0.2) is 10.8 Å². The average Bonchev–Trinajstić information content (AvgIpc) is 2.47. The summed E-state index contributed by atoms with van der Waals surface area (Å²) in [6.07, 6.45) is 7.19. The predicted molar refractivity (Wildman–Crippen MR) is 80.3 cm³/mol. The third kappa shape index (κ3) is 4.64. The number of halogens is 1. The van der Waals surface area contributed by atoms with Gasteiger partial charge in [-0.25, -0.2) is 0 Å². The van der Waals surface area contributed by atoms with E-state index < -0.39 is 0 Å². The molecule has 0 saturated carbocycles. The molecule has 1 aromatic rings. The van der Waals surface area contributed by atoms with Gasteiger partial charge in [0.05, 0.1) is 4.83 Å². The van der Waals surface area contributed by atoms with Crippen molar-refractivity contribution in [2.45, 2.75) is 55.9 Å². The van der Waals surface area contributed by atoms with Crippen LogP contribution in [0.5, 0.6) is 0 Å². The molecule has 0 N–H and O–H groups in total. The number of hydrogen-bond donors (Lipinski definition) is 0. The van der Waals surface area contributed by atoms with Gasteiger partial charge in [-0.3, -0.25) is 4.79 Å². The van der Waals surface area contributed by atoms with Gasteiger partial charge in [0.15, 0.2) is 0 Å². The summed E-state index contributed by atoms with van der Waals surface area (Å²) in [4.78, 5) is 12.1. The first-order valence-electron chi connectivity index (χ1n) is 7.16. The smallest absolute Gasteiger partial charge is 0.306 e. The van der Waals surface area contributed by atoms with Gasteiger partial charge in [-0.15, -0.1) is 0 Å². The first kappa shape index (κ1) is 14.6. The quantitative estimate of drug-likeness (QED) is 0.549. The lowest BCUT2D eigenvalue weighted by atomic mass is 10.0. The highest BCUT2D eigenvalue weighted by Gasteiger charge is 2.24. The zero-order chi connectivity index (χ0) is 13.5. The molecule has 104 valence electrons. The zero-order valence-electron chi connectivity index (χ0n) is 11.2. The van der Waals surface area contributed by atoms with Crippen LogP contribution >= 0.6 is 15.9 Å². The lowest BCUT2D eigenvalue weighted by Gasteiger charge is -2.23. The molecule has 1 fully saturated rings. The molecular weight excluding hydrogens is 304 g/mol. The van der Waals surface area contributed by atoms with E-state index in [1.807, 2.05) is 30.3 Å². The highest BCUT2D eigenvalue weighted by atomic mass is 79.9. The van der Waals surface area contributed by atoms with Crippen LogP contribution in [-0.2, 0) is 9.53 Å². The van der Waals surface area contributed by atoms with Crippen LogP contribution in [0, 0.1) is 0 Å². The number of esters is 1. The van der Waals surface area contributed by atoms with Gasteiger partial charge in [0.2, 0.25) is 0 Å². The fraction of sp³-hybridized carbons (Fsp3) is 0.562. The van der Waals surface area contributed by atoms with Gasteiger partial charge in [-0.1, -0.05) is 71.9 Å². The Morgan fingerprint density at radius 1 is 1.00 bits per heavy atom. The summed E-state index contributed by atoms with van der Waals surface area (Å²) in [5, 5.41) is 0. The molecule has 3 heteroatoms. The van der Waals surface area contributed by atoms with Crippen LogP contribution in [0.3, 0.4) is 0 Å². The number of cyclic esters (lactones) is 1. The first-order valence-corrected chi connectivity index (χ1v) is 8.07. The molecule has 0 aliphatic carbocycles. The van der Waals surface area contributed by atoms with E-state index in [0.29, 0.717) is 6.42 Å². The molecule has 1 aliphatic rings. The molecule has 0 aromatic heterocycles. The highest BCUT2D eigenvalue weighted by molar-refractivity contribution is 9.09. The molecule has 1 heterocycles. The fourth-order valence-electron chi connectivity index (χ4n) is 2.48. The Bertz CT molecular complexity index is 391. The second-order valence-corrected chi connectivity index (χ2v) is 6.32. The molecule has 0 bridgehead atoms. The van der Waals surface area contributed by atoms with Crippen molar-refractivity contribution in [1.29, 1.82) is 0 Å². The van der Waals surface area contributed by atoms with Gasteiger partial charge in [0.1, 0.15) is 6.10 Å². The molecule has 0 amide bonds. The molecule has 2 nitrogen and oxygen atoms in total. The standard InChI is InChI=1S/C16H21BrO2/c17-14-11-7-2-1-3-8-12-15(18)19-16(14)13-9-5-4-6-10-13/h4-6,9-10,14,16H,1-3,7-8,11-12H2/t14-,16-/m0/s1. The Kier molecular flexibility index (Phi) is 5.90. The summed E-state index contributed by atoms with van der Waals surface area (Å²) in [5.41, 5.74) is 1.08. The van der Waals surface area contributed by atoms with Crippen molar-refractivity contribution < 1.29 is 9.53 Å². The minimum atomic E-state index is -0.160. The van der Waals surface area contributed by atoms with E-state index in [-0.39, 0.29) is 16.9 Å². The second-order valence-electron chi connectivity index (χ2n) is 5.14. The Hall–Kier alpha value is -0.830. The molecule has 0 spiro atoms. The van der Waals surface area contributed by atoms with Crippen LogP contribution in [0.4, 0.5) is 0 Å². The van der Waals surface area contributed by atoms with Crippen LogP contribution in [0.15, 0.2) is 30.3 Å². The van der Waals surface area contributed by atoms with E-state index in [2.05, 4.69) is 15.9 Å². The van der Waals surface area contributed by atoms with E-state index in [4.69, 9.17) is 4.74 Å². The first-order chi connectivity index (χ1) is 9.27. The van der Waals surface area contributed by atoms with Gasteiger partial charge in [0.25, 0.3) is 0 Å². The minimum absolute atomic E-state index is 0.0693. The number of carbonyl (C=O) groups is 1. The van der Waals surface area contributed by atoms with Crippen molar-refractivity contribution in [2.75, 3.05) is 0 Å². The summed E-state index contributed by atoms with van der Waals surface area (Å²) in [6.45, 7) is 0. The van der Waals surface area contributed by atoms with Gasteiger partial charge < -0.3 is 4.74 Å². The normalized spacial score (nSPS) is 26.3. The Morgan fingerprint density at radius 2 is 1.68 bits per heavy atom. The summed E-state index contributed by atoms with van der Waals surface area (Å²) in [5.74, 6) is -0.0693. The lowest BCUT2D eigenvalue weighted by Crippen LogP contribution is -2.19. The third-order valence-electron chi connectivity index (χ3n) is 3.58. The van der Waals surface area contributed by atoms with Crippen molar-refractivity contribution in [3.05, 3.63) is 35.9 Å². The van der Waals surface area contributed by atoms with Gasteiger partial charge >= 0.3 is 5.97 Å². The van der Waals surface area contributed by atoms with Crippen molar-refractivity contribution in [3.8, 4) is 0 Å². The summed E-state index contributed by atoms with van der Waals surface area (Å²) in [7, 11) is 0. The topological polar surface area (TPSA) is 26.3 Å². The molecule has 19 heavy (non-hydrogen) atoms. The molecule has 1 saturated heterocycles. The van der Waals surface area contributed by atoms with E-state index in [1.54, 1.807) is 0 Å². The molecule has 2 atom stereocenters. The molecular formula is C16H21BrO2. The van der Waals surface area contributed by atoms with Gasteiger partial charge in [-0.05, 0) is 18.4 Å². The lowest BCUT2D eigenvalue weighted by molar-refractivity contribution is -0.149. The van der Waals surface area contributed by atoms with Crippen molar-refractivity contribution >= 4 is 21.9 Å². The number of hydrogen-bond acceptors (Lipinski definition) is 2. The number of rotatable bonds is 1. The molecule has 1 aromatic carbocycles. The van der Waals surface area contributed by atoms with E-state index >= 15 is 0 Å². The number of carbonyl (C=O) groups excluding carboxylic acids is 1. The maximum atomic E-state index is 11.9. The molecule has 0 unspecified atom stereocenters. The van der Waals surface area contributed by atoms with Gasteiger partial charge in [0, 0.05) is 6.42 Å². The molecule has 0 radical (unpaired) electrons. The summed E-state index contributed by atoms with van der Waals surface area (Å²) < 4.78 is 5.69. The zero-order valence-corrected chi connectivity index (χ0v) is 12.8. The highest BCUT2D eigenvalue weighted by Crippen LogP contribution is 2.31. The van der Waals surface area contributed by atoms with E-state index in [9.17, 15) is 4.79 Å². The average molecular weight is 325 g/mol. The van der Waals surface area contributed by atoms with Crippen LogP contribution in [0.1, 0.15) is 56.6 Å². The largest absolute Gasteiger partial charge is 0.456 e.